The number of nitrogens with one attached hydrogen (secondary N) is 4. The lowest BCUT2D eigenvalue weighted by atomic mass is 10.0. The van der Waals surface area contributed by atoms with Crippen LogP contribution in [0.4, 0.5) is 0 Å². The predicted octanol–water partition coefficient (Wildman–Crippen LogP) is 0.859. The summed E-state index contributed by atoms with van der Waals surface area (Å²) < 4.78 is 0. The second kappa shape index (κ2) is 12.0. The van der Waals surface area contributed by atoms with Gasteiger partial charge in [0, 0.05) is 23.5 Å². The van der Waals surface area contributed by atoms with Gasteiger partial charge in [-0.3, -0.25) is 19.2 Å². The molecule has 1 aromatic heterocycles. The first-order valence-corrected chi connectivity index (χ1v) is 11.6. The van der Waals surface area contributed by atoms with E-state index >= 15 is 0 Å². The zero-order valence-electron chi connectivity index (χ0n) is 20.2. The molecule has 4 unspecified atom stereocenters. The van der Waals surface area contributed by atoms with Gasteiger partial charge in [0.15, 0.2) is 0 Å². The van der Waals surface area contributed by atoms with Crippen molar-refractivity contribution < 1.29 is 24.3 Å². The molecular weight excluding hydrogens is 462 g/mol. The highest BCUT2D eigenvalue weighted by atomic mass is 16.4. The molecule has 0 saturated carbocycles. The van der Waals surface area contributed by atoms with Gasteiger partial charge in [-0.25, -0.2) is 0 Å². The minimum absolute atomic E-state index is 0.144. The number of benzene rings is 2. The zero-order chi connectivity index (χ0) is 26.2. The summed E-state index contributed by atoms with van der Waals surface area (Å²) in [5.41, 5.74) is 8.71. The molecule has 0 saturated heterocycles. The Kier molecular flexibility index (Phi) is 8.80. The second-order valence-electron chi connectivity index (χ2n) is 8.72. The van der Waals surface area contributed by atoms with Crippen molar-refractivity contribution in [1.29, 1.82) is 0 Å². The van der Waals surface area contributed by atoms with Crippen molar-refractivity contribution in [1.82, 2.24) is 20.9 Å². The Morgan fingerprint density at radius 3 is 2.17 bits per heavy atom. The smallest absolute Gasteiger partial charge is 0.325 e. The number of nitrogens with two attached hydrogens (primary N) is 1. The van der Waals surface area contributed by atoms with E-state index in [1.807, 2.05) is 30.3 Å². The van der Waals surface area contributed by atoms with E-state index in [0.29, 0.717) is 0 Å². The minimum Gasteiger partial charge on any atom is -0.480 e. The maximum absolute atomic E-state index is 12.8. The lowest BCUT2D eigenvalue weighted by Crippen LogP contribution is -2.56. The number of para-hydroxylation sites is 1. The summed E-state index contributed by atoms with van der Waals surface area (Å²) in [5.74, 6) is -2.94. The van der Waals surface area contributed by atoms with Crippen LogP contribution in [0.15, 0.2) is 60.8 Å². The number of hydrogen-bond donors (Lipinski definition) is 6. The Hall–Kier alpha value is -4.18. The normalized spacial score (nSPS) is 14.3. The largest absolute Gasteiger partial charge is 0.480 e. The molecule has 2 aromatic carbocycles. The number of fused-ring (bicyclic) bond motifs is 1. The molecule has 7 N–H and O–H groups in total. The summed E-state index contributed by atoms with van der Waals surface area (Å²) in [6.45, 7) is 2.82. The topological polar surface area (TPSA) is 166 Å². The van der Waals surface area contributed by atoms with Crippen LogP contribution >= 0.6 is 0 Å². The van der Waals surface area contributed by atoms with Gasteiger partial charge in [0.05, 0.1) is 6.04 Å². The zero-order valence-corrected chi connectivity index (χ0v) is 20.2. The van der Waals surface area contributed by atoms with Gasteiger partial charge in [0.25, 0.3) is 0 Å². The molecule has 3 rings (SSSR count). The van der Waals surface area contributed by atoms with E-state index in [9.17, 15) is 19.2 Å². The molecule has 10 heteroatoms. The van der Waals surface area contributed by atoms with Gasteiger partial charge in [-0.05, 0) is 37.5 Å². The highest BCUT2D eigenvalue weighted by Gasteiger charge is 2.28. The van der Waals surface area contributed by atoms with Crippen molar-refractivity contribution in [2.24, 2.45) is 5.73 Å². The van der Waals surface area contributed by atoms with Gasteiger partial charge in [-0.2, -0.15) is 0 Å². The predicted molar refractivity (Wildman–Crippen MR) is 135 cm³/mol. The third kappa shape index (κ3) is 6.92. The van der Waals surface area contributed by atoms with Crippen molar-refractivity contribution in [3.8, 4) is 0 Å². The molecule has 0 aliphatic heterocycles. The molecule has 0 fully saturated rings. The van der Waals surface area contributed by atoms with Crippen LogP contribution in [0.2, 0.25) is 0 Å². The first kappa shape index (κ1) is 26.4. The third-order valence-corrected chi connectivity index (χ3v) is 5.85. The van der Waals surface area contributed by atoms with Gasteiger partial charge < -0.3 is 31.8 Å². The average molecular weight is 494 g/mol. The summed E-state index contributed by atoms with van der Waals surface area (Å²) in [6.07, 6.45) is 2.22. The Bertz CT molecular complexity index is 1230. The number of H-pyrrole nitrogens is 1. The van der Waals surface area contributed by atoms with Crippen molar-refractivity contribution in [2.45, 2.75) is 50.9 Å². The number of rotatable bonds is 11. The Labute approximate surface area is 208 Å². The lowest BCUT2D eigenvalue weighted by Gasteiger charge is -2.23. The molecule has 0 aliphatic carbocycles. The number of amides is 3. The summed E-state index contributed by atoms with van der Waals surface area (Å²) in [5, 5.41) is 17.7. The maximum atomic E-state index is 12.8. The maximum Gasteiger partial charge on any atom is 0.325 e. The van der Waals surface area contributed by atoms with Crippen LogP contribution in [0.1, 0.15) is 25.0 Å². The monoisotopic (exact) mass is 493 g/mol. The number of carboxylic acid groups (broad SMARTS) is 1. The molecule has 3 aromatic rings. The number of aromatic nitrogens is 1. The fourth-order valence-electron chi connectivity index (χ4n) is 3.75. The molecule has 10 nitrogen and oxygen atoms in total. The SMILES string of the molecule is CC(NC(=O)C(Cc1ccccc1)NC(=O)C(C)NC(=O)C(N)Cc1c[nH]c2ccccc12)C(=O)O. The number of carboxylic acids is 1. The van der Waals surface area contributed by atoms with E-state index < -0.39 is 47.9 Å². The molecule has 0 aliphatic rings. The fourth-order valence-corrected chi connectivity index (χ4v) is 3.75. The minimum atomic E-state index is -1.20. The van der Waals surface area contributed by atoms with Crippen molar-refractivity contribution >= 4 is 34.6 Å². The average Bonchev–Trinajstić information content (AvgIpc) is 3.26. The number of hydrogen-bond acceptors (Lipinski definition) is 5. The van der Waals surface area contributed by atoms with E-state index in [0.717, 1.165) is 22.0 Å². The van der Waals surface area contributed by atoms with E-state index in [4.69, 9.17) is 10.8 Å². The molecular formula is C26H31N5O5. The molecule has 3 amide bonds. The molecule has 190 valence electrons. The molecule has 0 radical (unpaired) electrons. The first-order valence-electron chi connectivity index (χ1n) is 11.6. The molecule has 4 atom stereocenters. The van der Waals surface area contributed by atoms with Crippen molar-refractivity contribution in [2.75, 3.05) is 0 Å². The standard InChI is InChI=1S/C26H31N5O5/c1-15(29-24(33)20(27)13-18-14-28-21-11-7-6-10-19(18)21)23(32)31-22(12-17-8-4-3-5-9-17)25(34)30-16(2)26(35)36/h3-11,14-16,20,22,28H,12-13,27H2,1-2H3,(H,29,33)(H,30,34)(H,31,32)(H,35,36). The molecule has 36 heavy (non-hydrogen) atoms. The van der Waals surface area contributed by atoms with Gasteiger partial charge in [-0.1, -0.05) is 48.5 Å². The van der Waals surface area contributed by atoms with E-state index in [1.165, 1.54) is 13.8 Å². The summed E-state index contributed by atoms with van der Waals surface area (Å²) in [4.78, 5) is 52.6. The summed E-state index contributed by atoms with van der Waals surface area (Å²) >= 11 is 0. The van der Waals surface area contributed by atoms with Crippen molar-refractivity contribution in [3.05, 3.63) is 71.9 Å². The Morgan fingerprint density at radius 1 is 0.833 bits per heavy atom. The highest BCUT2D eigenvalue weighted by molar-refractivity contribution is 5.94. The number of carbonyl (C=O) groups is 4. The number of aliphatic carboxylic acids is 1. The lowest BCUT2D eigenvalue weighted by molar-refractivity contribution is -0.141. The second-order valence-corrected chi connectivity index (χ2v) is 8.72. The molecule has 1 heterocycles. The van der Waals surface area contributed by atoms with Gasteiger partial charge in [-0.15, -0.1) is 0 Å². The Balaban J connectivity index is 1.62. The molecule has 0 spiro atoms. The van der Waals surface area contributed by atoms with Crippen LogP contribution in [0.25, 0.3) is 10.9 Å². The fraction of sp³-hybridized carbons (Fsp3) is 0.308. The van der Waals surface area contributed by atoms with E-state index in [1.54, 1.807) is 30.5 Å². The summed E-state index contributed by atoms with van der Waals surface area (Å²) in [7, 11) is 0. The number of aromatic amines is 1. The van der Waals surface area contributed by atoms with Crippen LogP contribution in [-0.2, 0) is 32.0 Å². The number of carbonyl (C=O) groups excluding carboxylic acids is 3. The highest BCUT2D eigenvalue weighted by Crippen LogP contribution is 2.18. The van der Waals surface area contributed by atoms with Crippen LogP contribution < -0.4 is 21.7 Å². The molecule has 0 bridgehead atoms. The Morgan fingerprint density at radius 2 is 1.47 bits per heavy atom. The van der Waals surface area contributed by atoms with Gasteiger partial charge in [0.2, 0.25) is 17.7 Å². The van der Waals surface area contributed by atoms with Gasteiger partial charge in [0.1, 0.15) is 18.1 Å². The third-order valence-electron chi connectivity index (χ3n) is 5.85. The summed E-state index contributed by atoms with van der Waals surface area (Å²) in [6, 6.07) is 12.6. The van der Waals surface area contributed by atoms with Crippen LogP contribution in [0.5, 0.6) is 0 Å². The van der Waals surface area contributed by atoms with Crippen LogP contribution in [0.3, 0.4) is 0 Å². The van der Waals surface area contributed by atoms with Gasteiger partial charge >= 0.3 is 5.97 Å². The van der Waals surface area contributed by atoms with Crippen LogP contribution in [-0.4, -0.2) is 57.9 Å². The van der Waals surface area contributed by atoms with Crippen LogP contribution in [0, 0.1) is 0 Å². The van der Waals surface area contributed by atoms with E-state index in [-0.39, 0.29) is 12.8 Å². The quantitative estimate of drug-likeness (QED) is 0.232. The van der Waals surface area contributed by atoms with Crippen molar-refractivity contribution in [3.63, 3.8) is 0 Å². The van der Waals surface area contributed by atoms with E-state index in [2.05, 4.69) is 20.9 Å². The first-order chi connectivity index (χ1) is 17.2.